The lowest BCUT2D eigenvalue weighted by Gasteiger charge is -2.08. The number of carbonyl (C=O) groups excluding carboxylic acids is 1. The maximum absolute atomic E-state index is 11.9. The van der Waals surface area contributed by atoms with Gasteiger partial charge in [0.05, 0.1) is 6.42 Å². The Morgan fingerprint density at radius 2 is 1.95 bits per heavy atom. The lowest BCUT2D eigenvalue weighted by molar-refractivity contribution is -0.120. The summed E-state index contributed by atoms with van der Waals surface area (Å²) in [6.07, 6.45) is 4.72. The van der Waals surface area contributed by atoms with E-state index in [9.17, 15) is 4.79 Å². The van der Waals surface area contributed by atoms with Crippen LogP contribution in [0.2, 0.25) is 0 Å². The van der Waals surface area contributed by atoms with Gasteiger partial charge in [-0.25, -0.2) is 0 Å². The van der Waals surface area contributed by atoms with E-state index < -0.39 is 0 Å². The summed E-state index contributed by atoms with van der Waals surface area (Å²) in [7, 11) is 0. The van der Waals surface area contributed by atoms with Crippen molar-refractivity contribution in [2.45, 2.75) is 19.4 Å². The summed E-state index contributed by atoms with van der Waals surface area (Å²) in [6, 6.07) is 11.7. The predicted octanol–water partition coefficient (Wildman–Crippen LogP) is 1.44. The third-order valence-corrected chi connectivity index (χ3v) is 3.15. The number of rotatable bonds is 6. The van der Waals surface area contributed by atoms with Gasteiger partial charge in [0.1, 0.15) is 0 Å². The van der Waals surface area contributed by atoms with E-state index in [2.05, 4.69) is 10.3 Å². The van der Waals surface area contributed by atoms with Crippen molar-refractivity contribution in [2.75, 3.05) is 6.54 Å². The van der Waals surface area contributed by atoms with Crippen LogP contribution in [0, 0.1) is 0 Å². The minimum atomic E-state index is 0.0230. The molecule has 104 valence electrons. The second-order valence-corrected chi connectivity index (χ2v) is 4.61. The molecule has 0 saturated carbocycles. The zero-order valence-corrected chi connectivity index (χ0v) is 11.4. The predicted molar refractivity (Wildman–Crippen MR) is 79.0 cm³/mol. The summed E-state index contributed by atoms with van der Waals surface area (Å²) in [5.41, 5.74) is 8.80. The lowest BCUT2D eigenvalue weighted by Crippen LogP contribution is -2.27. The average Bonchev–Trinajstić information content (AvgIpc) is 2.49. The number of nitrogens with one attached hydrogen (secondary N) is 1. The highest BCUT2D eigenvalue weighted by Gasteiger charge is 2.06. The number of pyridine rings is 1. The first kappa shape index (κ1) is 14.2. The van der Waals surface area contributed by atoms with Crippen molar-refractivity contribution in [1.82, 2.24) is 10.3 Å². The number of benzene rings is 1. The fourth-order valence-corrected chi connectivity index (χ4v) is 2.06. The van der Waals surface area contributed by atoms with Gasteiger partial charge in [-0.2, -0.15) is 0 Å². The summed E-state index contributed by atoms with van der Waals surface area (Å²) in [5, 5.41) is 2.92. The summed E-state index contributed by atoms with van der Waals surface area (Å²) in [5.74, 6) is 0.0230. The molecule has 1 aromatic heterocycles. The maximum atomic E-state index is 11.9. The van der Waals surface area contributed by atoms with Crippen LogP contribution in [0.25, 0.3) is 0 Å². The normalized spacial score (nSPS) is 10.2. The van der Waals surface area contributed by atoms with Gasteiger partial charge >= 0.3 is 0 Å². The van der Waals surface area contributed by atoms with Crippen LogP contribution < -0.4 is 11.1 Å². The first-order chi connectivity index (χ1) is 9.79. The molecule has 1 heterocycles. The minimum absolute atomic E-state index is 0.0230. The molecule has 0 aliphatic carbocycles. The van der Waals surface area contributed by atoms with Gasteiger partial charge in [0.25, 0.3) is 0 Å². The molecule has 0 unspecified atom stereocenters. The number of carbonyl (C=O) groups is 1. The van der Waals surface area contributed by atoms with Crippen LogP contribution in [-0.2, 0) is 24.2 Å². The lowest BCUT2D eigenvalue weighted by atomic mass is 10.0. The number of hydrogen-bond acceptors (Lipinski definition) is 3. The molecule has 4 heteroatoms. The maximum Gasteiger partial charge on any atom is 0.224 e. The number of nitrogens with zero attached hydrogens (tertiary/aromatic N) is 1. The van der Waals surface area contributed by atoms with Crippen LogP contribution in [0.5, 0.6) is 0 Å². The molecule has 0 bridgehead atoms. The molecular formula is C16H19N3O. The van der Waals surface area contributed by atoms with Gasteiger partial charge in [-0.15, -0.1) is 0 Å². The molecule has 0 saturated heterocycles. The highest BCUT2D eigenvalue weighted by Crippen LogP contribution is 2.08. The van der Waals surface area contributed by atoms with Gasteiger partial charge in [-0.05, 0) is 29.2 Å². The molecule has 2 aromatic rings. The van der Waals surface area contributed by atoms with Gasteiger partial charge in [0.15, 0.2) is 0 Å². The molecule has 0 fully saturated rings. The van der Waals surface area contributed by atoms with Gasteiger partial charge in [0.2, 0.25) is 5.91 Å². The second kappa shape index (κ2) is 7.40. The van der Waals surface area contributed by atoms with E-state index in [1.165, 1.54) is 0 Å². The fraction of sp³-hybridized carbons (Fsp3) is 0.250. The minimum Gasteiger partial charge on any atom is -0.355 e. The van der Waals surface area contributed by atoms with E-state index in [1.54, 1.807) is 6.20 Å². The van der Waals surface area contributed by atoms with Crippen molar-refractivity contribution in [3.8, 4) is 0 Å². The van der Waals surface area contributed by atoms with E-state index in [-0.39, 0.29) is 5.91 Å². The first-order valence-corrected chi connectivity index (χ1v) is 6.72. The van der Waals surface area contributed by atoms with Crippen molar-refractivity contribution in [3.63, 3.8) is 0 Å². The number of aromatic nitrogens is 1. The first-order valence-electron chi connectivity index (χ1n) is 6.72. The third-order valence-electron chi connectivity index (χ3n) is 3.15. The number of amides is 1. The van der Waals surface area contributed by atoms with Crippen LogP contribution in [-0.4, -0.2) is 17.4 Å². The Bertz CT molecular complexity index is 555. The van der Waals surface area contributed by atoms with E-state index in [0.29, 0.717) is 19.5 Å². The molecule has 0 aliphatic rings. The van der Waals surface area contributed by atoms with Crippen LogP contribution in [0.3, 0.4) is 0 Å². The van der Waals surface area contributed by atoms with Gasteiger partial charge < -0.3 is 11.1 Å². The summed E-state index contributed by atoms with van der Waals surface area (Å²) in [6.45, 7) is 1.08. The highest BCUT2D eigenvalue weighted by molar-refractivity contribution is 5.78. The van der Waals surface area contributed by atoms with Crippen molar-refractivity contribution in [2.24, 2.45) is 5.73 Å². The molecule has 0 radical (unpaired) electrons. The molecule has 3 N–H and O–H groups in total. The molecule has 1 amide bonds. The third kappa shape index (κ3) is 4.17. The van der Waals surface area contributed by atoms with Crippen LogP contribution in [0.15, 0.2) is 48.8 Å². The van der Waals surface area contributed by atoms with E-state index in [1.807, 2.05) is 42.6 Å². The molecule has 2 rings (SSSR count). The molecule has 4 nitrogen and oxygen atoms in total. The van der Waals surface area contributed by atoms with Crippen molar-refractivity contribution < 1.29 is 4.79 Å². The molecule has 20 heavy (non-hydrogen) atoms. The number of nitrogens with two attached hydrogens (primary N) is 1. The smallest absolute Gasteiger partial charge is 0.224 e. The van der Waals surface area contributed by atoms with Crippen LogP contribution in [0.1, 0.15) is 16.7 Å². The Morgan fingerprint density at radius 3 is 2.65 bits per heavy atom. The molecular weight excluding hydrogens is 250 g/mol. The summed E-state index contributed by atoms with van der Waals surface area (Å²) >= 11 is 0. The Kier molecular flexibility index (Phi) is 5.26. The topological polar surface area (TPSA) is 68.0 Å². The Balaban J connectivity index is 1.81. The Morgan fingerprint density at radius 1 is 1.15 bits per heavy atom. The summed E-state index contributed by atoms with van der Waals surface area (Å²) in [4.78, 5) is 15.9. The SMILES string of the molecule is NCc1ccccc1CC(=O)NCCc1cccnc1. The van der Waals surface area contributed by atoms with Gasteiger partial charge in [-0.3, -0.25) is 9.78 Å². The average molecular weight is 269 g/mol. The molecule has 0 atom stereocenters. The van der Waals surface area contributed by atoms with Crippen LogP contribution in [0.4, 0.5) is 0 Å². The summed E-state index contributed by atoms with van der Waals surface area (Å²) < 4.78 is 0. The zero-order chi connectivity index (χ0) is 14.2. The second-order valence-electron chi connectivity index (χ2n) is 4.61. The van der Waals surface area contributed by atoms with Crippen molar-refractivity contribution in [1.29, 1.82) is 0 Å². The Hall–Kier alpha value is -2.20. The highest BCUT2D eigenvalue weighted by atomic mass is 16.1. The van der Waals surface area contributed by atoms with Crippen molar-refractivity contribution in [3.05, 3.63) is 65.5 Å². The van der Waals surface area contributed by atoms with Gasteiger partial charge in [-0.1, -0.05) is 30.3 Å². The van der Waals surface area contributed by atoms with E-state index in [0.717, 1.165) is 23.1 Å². The monoisotopic (exact) mass is 269 g/mol. The number of hydrogen-bond donors (Lipinski definition) is 2. The molecule has 0 aliphatic heterocycles. The standard InChI is InChI=1S/C16H19N3O/c17-11-15-6-2-1-5-14(15)10-16(20)19-9-7-13-4-3-8-18-12-13/h1-6,8,12H,7,9-11,17H2,(H,19,20). The van der Waals surface area contributed by atoms with Gasteiger partial charge in [0, 0.05) is 25.5 Å². The van der Waals surface area contributed by atoms with E-state index in [4.69, 9.17) is 5.73 Å². The Labute approximate surface area is 119 Å². The van der Waals surface area contributed by atoms with Crippen molar-refractivity contribution >= 4 is 5.91 Å². The van der Waals surface area contributed by atoms with Crippen LogP contribution >= 0.6 is 0 Å². The quantitative estimate of drug-likeness (QED) is 0.834. The van der Waals surface area contributed by atoms with E-state index >= 15 is 0 Å². The largest absolute Gasteiger partial charge is 0.355 e. The fourth-order valence-electron chi connectivity index (χ4n) is 2.06. The molecule has 0 spiro atoms. The molecule has 1 aromatic carbocycles. The zero-order valence-electron chi connectivity index (χ0n) is 11.4.